The summed E-state index contributed by atoms with van der Waals surface area (Å²) in [7, 11) is 0. The average Bonchev–Trinajstić information content (AvgIpc) is 3.09. The Morgan fingerprint density at radius 2 is 1.80 bits per heavy atom. The molecule has 0 unspecified atom stereocenters. The van der Waals surface area contributed by atoms with Gasteiger partial charge in [0.2, 0.25) is 5.91 Å². The first kappa shape index (κ1) is 19.8. The summed E-state index contributed by atoms with van der Waals surface area (Å²) in [5.74, 6) is -0.242. The van der Waals surface area contributed by atoms with Gasteiger partial charge in [0.25, 0.3) is 5.56 Å². The molecule has 0 aliphatic heterocycles. The molecule has 0 bridgehead atoms. The Bertz CT molecular complexity index is 1310. The average molecular weight is 429 g/mol. The second-order valence-electron chi connectivity index (χ2n) is 6.52. The molecule has 2 heterocycles. The van der Waals surface area contributed by atoms with Gasteiger partial charge in [-0.05, 0) is 41.5 Å². The first-order chi connectivity index (χ1) is 14.2. The molecule has 152 valence electrons. The molecule has 0 saturated carbocycles. The van der Waals surface area contributed by atoms with Gasteiger partial charge in [0, 0.05) is 19.2 Å². The number of benzene rings is 2. The van der Waals surface area contributed by atoms with E-state index < -0.39 is 11.7 Å². The van der Waals surface area contributed by atoms with E-state index in [0.717, 1.165) is 16.8 Å². The van der Waals surface area contributed by atoms with Crippen molar-refractivity contribution in [1.29, 1.82) is 0 Å². The van der Waals surface area contributed by atoms with Crippen molar-refractivity contribution in [2.45, 2.75) is 13.1 Å². The Balaban J connectivity index is 1.73. The van der Waals surface area contributed by atoms with Crippen molar-refractivity contribution in [2.24, 2.45) is 0 Å². The van der Waals surface area contributed by atoms with Crippen LogP contribution >= 0.6 is 11.3 Å². The molecule has 0 saturated heterocycles. The van der Waals surface area contributed by atoms with Gasteiger partial charge in [-0.3, -0.25) is 14.2 Å². The van der Waals surface area contributed by atoms with Crippen molar-refractivity contribution in [3.63, 3.8) is 0 Å². The summed E-state index contributed by atoms with van der Waals surface area (Å²) < 4.78 is 40.4. The molecule has 2 aromatic heterocycles. The van der Waals surface area contributed by atoms with Crippen LogP contribution in [0.3, 0.4) is 0 Å². The number of rotatable bonds is 3. The quantitative estimate of drug-likeness (QED) is 0.493. The number of pyridine rings is 1. The van der Waals surface area contributed by atoms with Gasteiger partial charge in [0.15, 0.2) is 5.13 Å². The first-order valence-corrected chi connectivity index (χ1v) is 9.62. The Labute approximate surface area is 172 Å². The zero-order chi connectivity index (χ0) is 21.5. The number of halogens is 3. The summed E-state index contributed by atoms with van der Waals surface area (Å²) in [6.07, 6.45) is -2.86. The fraction of sp³-hybridized carbons (Fsp3) is 0.0952. The van der Waals surface area contributed by atoms with Crippen LogP contribution in [-0.2, 0) is 11.0 Å². The zero-order valence-corrected chi connectivity index (χ0v) is 16.3. The van der Waals surface area contributed by atoms with E-state index in [2.05, 4.69) is 10.3 Å². The SMILES string of the molecule is CC(=O)Nc1nc2c(-n3ccc(-c4ccc(C(F)(F)F)cc4)cc3=O)cccc2s1. The molecule has 0 fully saturated rings. The van der Waals surface area contributed by atoms with Gasteiger partial charge < -0.3 is 5.32 Å². The number of nitrogens with zero attached hydrogens (tertiary/aromatic N) is 2. The predicted octanol–water partition coefficient (Wildman–Crippen LogP) is 5.09. The molecule has 9 heteroatoms. The van der Waals surface area contributed by atoms with Crippen molar-refractivity contribution >= 4 is 32.6 Å². The van der Waals surface area contributed by atoms with E-state index in [-0.39, 0.29) is 11.5 Å². The molecule has 4 aromatic rings. The maximum Gasteiger partial charge on any atom is 0.416 e. The number of thiazole rings is 1. The summed E-state index contributed by atoms with van der Waals surface area (Å²) in [5, 5.41) is 3.06. The molecular weight excluding hydrogens is 415 g/mol. The van der Waals surface area contributed by atoms with E-state index in [1.807, 2.05) is 6.07 Å². The van der Waals surface area contributed by atoms with Gasteiger partial charge in [-0.1, -0.05) is 29.5 Å². The fourth-order valence-corrected chi connectivity index (χ4v) is 3.98. The predicted molar refractivity (Wildman–Crippen MR) is 110 cm³/mol. The van der Waals surface area contributed by atoms with Crippen LogP contribution < -0.4 is 10.9 Å². The topological polar surface area (TPSA) is 64.0 Å². The maximum atomic E-state index is 12.8. The number of carbonyl (C=O) groups is 1. The highest BCUT2D eigenvalue weighted by Gasteiger charge is 2.30. The first-order valence-electron chi connectivity index (χ1n) is 8.80. The lowest BCUT2D eigenvalue weighted by Gasteiger charge is -2.10. The summed E-state index contributed by atoms with van der Waals surface area (Å²) >= 11 is 1.29. The lowest BCUT2D eigenvalue weighted by molar-refractivity contribution is -0.137. The number of fused-ring (bicyclic) bond motifs is 1. The minimum Gasteiger partial charge on any atom is -0.302 e. The second kappa shape index (κ2) is 7.42. The smallest absolute Gasteiger partial charge is 0.302 e. The Morgan fingerprint density at radius 1 is 1.07 bits per heavy atom. The monoisotopic (exact) mass is 429 g/mol. The van der Waals surface area contributed by atoms with Crippen LogP contribution in [0.1, 0.15) is 12.5 Å². The molecular formula is C21H14F3N3O2S. The molecule has 2 aromatic carbocycles. The van der Waals surface area contributed by atoms with Gasteiger partial charge >= 0.3 is 6.18 Å². The van der Waals surface area contributed by atoms with Crippen LogP contribution in [0.4, 0.5) is 18.3 Å². The fourth-order valence-electron chi connectivity index (χ4n) is 3.04. The van der Waals surface area contributed by atoms with Crippen LogP contribution in [0, 0.1) is 0 Å². The normalized spacial score (nSPS) is 11.6. The van der Waals surface area contributed by atoms with E-state index in [0.29, 0.717) is 27.5 Å². The summed E-state index contributed by atoms with van der Waals surface area (Å²) in [5.41, 5.74) is 1.03. The minimum atomic E-state index is -4.41. The largest absolute Gasteiger partial charge is 0.416 e. The Morgan fingerprint density at radius 3 is 2.43 bits per heavy atom. The molecule has 5 nitrogen and oxygen atoms in total. The standard InChI is InChI=1S/C21H14F3N3O2S/c1-12(28)25-20-26-19-16(3-2-4-17(19)30-20)27-10-9-14(11-18(27)29)13-5-7-15(8-6-13)21(22,23)24/h2-11H,1H3,(H,25,26,28). The number of alkyl halides is 3. The van der Waals surface area contributed by atoms with Gasteiger partial charge in [-0.15, -0.1) is 0 Å². The number of para-hydroxylation sites is 1. The molecule has 1 amide bonds. The summed E-state index contributed by atoms with van der Waals surface area (Å²) in [6, 6.07) is 13.0. The zero-order valence-electron chi connectivity index (χ0n) is 15.5. The number of aromatic nitrogens is 2. The number of hydrogen-bond acceptors (Lipinski definition) is 4. The van der Waals surface area contributed by atoms with E-state index in [4.69, 9.17) is 0 Å². The third-order valence-electron chi connectivity index (χ3n) is 4.41. The molecule has 0 aliphatic rings. The van der Waals surface area contributed by atoms with E-state index in [1.165, 1.54) is 41.0 Å². The van der Waals surface area contributed by atoms with Crippen molar-refractivity contribution in [3.8, 4) is 16.8 Å². The van der Waals surface area contributed by atoms with Crippen molar-refractivity contribution in [3.05, 3.63) is 76.7 Å². The van der Waals surface area contributed by atoms with E-state index in [1.54, 1.807) is 24.4 Å². The highest BCUT2D eigenvalue weighted by Crippen LogP contribution is 2.32. The highest BCUT2D eigenvalue weighted by atomic mass is 32.1. The van der Waals surface area contributed by atoms with Gasteiger partial charge in [0.1, 0.15) is 5.52 Å². The van der Waals surface area contributed by atoms with Crippen LogP contribution in [0.5, 0.6) is 0 Å². The van der Waals surface area contributed by atoms with Crippen LogP contribution in [0.2, 0.25) is 0 Å². The Kier molecular flexibility index (Phi) is 4.90. The van der Waals surface area contributed by atoms with Crippen molar-refractivity contribution < 1.29 is 18.0 Å². The lowest BCUT2D eigenvalue weighted by Crippen LogP contribution is -2.17. The van der Waals surface area contributed by atoms with Crippen molar-refractivity contribution in [2.75, 3.05) is 5.32 Å². The highest BCUT2D eigenvalue weighted by molar-refractivity contribution is 7.22. The summed E-state index contributed by atoms with van der Waals surface area (Å²) in [4.78, 5) is 28.4. The molecule has 0 spiro atoms. The van der Waals surface area contributed by atoms with Crippen molar-refractivity contribution in [1.82, 2.24) is 9.55 Å². The number of hydrogen-bond donors (Lipinski definition) is 1. The third kappa shape index (κ3) is 3.84. The lowest BCUT2D eigenvalue weighted by atomic mass is 10.0. The number of amides is 1. The summed E-state index contributed by atoms with van der Waals surface area (Å²) in [6.45, 7) is 1.39. The van der Waals surface area contributed by atoms with Gasteiger partial charge in [0.05, 0.1) is 16.0 Å². The van der Waals surface area contributed by atoms with Gasteiger partial charge in [-0.25, -0.2) is 4.98 Å². The van der Waals surface area contributed by atoms with Crippen LogP contribution in [-0.4, -0.2) is 15.5 Å². The molecule has 0 radical (unpaired) electrons. The van der Waals surface area contributed by atoms with Crippen LogP contribution in [0.15, 0.2) is 65.6 Å². The molecule has 1 N–H and O–H groups in total. The second-order valence-corrected chi connectivity index (χ2v) is 7.55. The Hall–Kier alpha value is -3.46. The molecule has 0 atom stereocenters. The van der Waals surface area contributed by atoms with Gasteiger partial charge in [-0.2, -0.15) is 13.2 Å². The third-order valence-corrected chi connectivity index (χ3v) is 5.34. The molecule has 0 aliphatic carbocycles. The number of carbonyl (C=O) groups excluding carboxylic acids is 1. The number of anilines is 1. The molecule has 30 heavy (non-hydrogen) atoms. The maximum absolute atomic E-state index is 12.8. The number of nitrogens with one attached hydrogen (secondary N) is 1. The minimum absolute atomic E-state index is 0.242. The molecule has 4 rings (SSSR count). The van der Waals surface area contributed by atoms with E-state index >= 15 is 0 Å². The van der Waals surface area contributed by atoms with E-state index in [9.17, 15) is 22.8 Å². The van der Waals surface area contributed by atoms with Crippen LogP contribution in [0.25, 0.3) is 27.0 Å².